The maximum atomic E-state index is 12.6. The van der Waals surface area contributed by atoms with Crippen LogP contribution in [0.3, 0.4) is 0 Å². The standard InChI is InChI=1S/C18H23N3OS/c1-13-6-4-5-7-16(13)18(22)21-10-8-20(9-11-21)12-17-19-14(2)15(3)23-17/h4-7H,8-12H2,1-3H3. The Morgan fingerprint density at radius 2 is 1.83 bits per heavy atom. The quantitative estimate of drug-likeness (QED) is 0.868. The normalized spacial score (nSPS) is 15.9. The van der Waals surface area contributed by atoms with Crippen LogP contribution in [0.2, 0.25) is 0 Å². The van der Waals surface area contributed by atoms with E-state index >= 15 is 0 Å². The SMILES string of the molecule is Cc1ccccc1C(=O)N1CCN(Cc2nc(C)c(C)s2)CC1. The van der Waals surface area contributed by atoms with Gasteiger partial charge in [-0.3, -0.25) is 9.69 Å². The summed E-state index contributed by atoms with van der Waals surface area (Å²) in [5.41, 5.74) is 3.01. The molecule has 1 fully saturated rings. The Balaban J connectivity index is 1.58. The Morgan fingerprint density at radius 3 is 2.43 bits per heavy atom. The predicted molar refractivity (Wildman–Crippen MR) is 93.9 cm³/mol. The number of thiazole rings is 1. The lowest BCUT2D eigenvalue weighted by Crippen LogP contribution is -2.48. The molecule has 0 unspecified atom stereocenters. The van der Waals surface area contributed by atoms with Gasteiger partial charge < -0.3 is 4.90 Å². The van der Waals surface area contributed by atoms with Crippen LogP contribution in [0.1, 0.15) is 31.5 Å². The van der Waals surface area contributed by atoms with Crippen molar-refractivity contribution in [1.82, 2.24) is 14.8 Å². The van der Waals surface area contributed by atoms with E-state index in [0.29, 0.717) is 0 Å². The molecule has 1 saturated heterocycles. The Morgan fingerprint density at radius 1 is 1.13 bits per heavy atom. The maximum Gasteiger partial charge on any atom is 0.254 e. The highest BCUT2D eigenvalue weighted by Crippen LogP contribution is 2.19. The predicted octanol–water partition coefficient (Wildman–Crippen LogP) is 3.03. The second-order valence-corrected chi connectivity index (χ2v) is 7.42. The molecule has 2 aromatic rings. The van der Waals surface area contributed by atoms with Gasteiger partial charge in [0.05, 0.1) is 12.2 Å². The third-order valence-corrected chi connectivity index (χ3v) is 5.52. The van der Waals surface area contributed by atoms with Crippen molar-refractivity contribution >= 4 is 17.2 Å². The number of benzene rings is 1. The van der Waals surface area contributed by atoms with Gasteiger partial charge in [0, 0.05) is 36.6 Å². The smallest absolute Gasteiger partial charge is 0.254 e. The number of amides is 1. The van der Waals surface area contributed by atoms with Gasteiger partial charge in [0.2, 0.25) is 0 Å². The Labute approximate surface area is 141 Å². The lowest BCUT2D eigenvalue weighted by molar-refractivity contribution is 0.0627. The molecule has 3 rings (SSSR count). The average molecular weight is 329 g/mol. The largest absolute Gasteiger partial charge is 0.336 e. The van der Waals surface area contributed by atoms with Crippen molar-refractivity contribution in [3.63, 3.8) is 0 Å². The number of aromatic nitrogens is 1. The summed E-state index contributed by atoms with van der Waals surface area (Å²) in [6.07, 6.45) is 0. The highest BCUT2D eigenvalue weighted by atomic mass is 32.1. The second kappa shape index (κ2) is 6.81. The molecular formula is C18H23N3OS. The van der Waals surface area contributed by atoms with E-state index in [0.717, 1.165) is 49.5 Å². The van der Waals surface area contributed by atoms with E-state index in [-0.39, 0.29) is 5.91 Å². The van der Waals surface area contributed by atoms with E-state index in [2.05, 4.69) is 23.7 Å². The lowest BCUT2D eigenvalue weighted by atomic mass is 10.1. The molecule has 4 nitrogen and oxygen atoms in total. The minimum Gasteiger partial charge on any atom is -0.336 e. The van der Waals surface area contributed by atoms with Crippen LogP contribution in [0, 0.1) is 20.8 Å². The van der Waals surface area contributed by atoms with Crippen LogP contribution < -0.4 is 0 Å². The van der Waals surface area contributed by atoms with Crippen LogP contribution in [0.4, 0.5) is 0 Å². The number of hydrogen-bond donors (Lipinski definition) is 0. The van der Waals surface area contributed by atoms with Gasteiger partial charge in [0.1, 0.15) is 5.01 Å². The summed E-state index contributed by atoms with van der Waals surface area (Å²) in [5.74, 6) is 0.156. The minimum absolute atomic E-state index is 0.156. The number of hydrogen-bond acceptors (Lipinski definition) is 4. The zero-order valence-electron chi connectivity index (χ0n) is 14.0. The number of piperazine rings is 1. The molecule has 0 bridgehead atoms. The first kappa shape index (κ1) is 16.1. The summed E-state index contributed by atoms with van der Waals surface area (Å²) < 4.78 is 0. The van der Waals surface area contributed by atoms with Crippen LogP contribution in [0.5, 0.6) is 0 Å². The molecule has 0 atom stereocenters. The first-order chi connectivity index (χ1) is 11.0. The zero-order valence-corrected chi connectivity index (χ0v) is 14.8. The molecule has 0 aliphatic carbocycles. The van der Waals surface area contributed by atoms with Crippen molar-refractivity contribution in [2.75, 3.05) is 26.2 Å². The van der Waals surface area contributed by atoms with E-state index in [1.165, 1.54) is 9.88 Å². The first-order valence-corrected chi connectivity index (χ1v) is 8.86. The molecular weight excluding hydrogens is 306 g/mol. The summed E-state index contributed by atoms with van der Waals surface area (Å²) >= 11 is 1.78. The van der Waals surface area contributed by atoms with Gasteiger partial charge in [-0.25, -0.2) is 4.98 Å². The van der Waals surface area contributed by atoms with Crippen LogP contribution in [-0.2, 0) is 6.54 Å². The zero-order chi connectivity index (χ0) is 16.4. The fraction of sp³-hybridized carbons (Fsp3) is 0.444. The Kier molecular flexibility index (Phi) is 4.78. The fourth-order valence-electron chi connectivity index (χ4n) is 2.89. The van der Waals surface area contributed by atoms with E-state index in [1.807, 2.05) is 36.1 Å². The lowest BCUT2D eigenvalue weighted by Gasteiger charge is -2.34. The molecule has 1 aliphatic rings. The topological polar surface area (TPSA) is 36.4 Å². The monoisotopic (exact) mass is 329 g/mol. The fourth-order valence-corrected chi connectivity index (χ4v) is 3.87. The van der Waals surface area contributed by atoms with Crippen molar-refractivity contribution in [2.45, 2.75) is 27.3 Å². The molecule has 1 amide bonds. The average Bonchev–Trinajstić information content (AvgIpc) is 2.86. The summed E-state index contributed by atoms with van der Waals surface area (Å²) in [7, 11) is 0. The van der Waals surface area contributed by atoms with E-state index in [9.17, 15) is 4.79 Å². The molecule has 2 heterocycles. The molecule has 1 aliphatic heterocycles. The highest BCUT2D eigenvalue weighted by Gasteiger charge is 2.23. The summed E-state index contributed by atoms with van der Waals surface area (Å²) in [5, 5.41) is 1.18. The van der Waals surface area contributed by atoms with E-state index in [1.54, 1.807) is 11.3 Å². The summed E-state index contributed by atoms with van der Waals surface area (Å²) in [6.45, 7) is 10.5. The molecule has 5 heteroatoms. The minimum atomic E-state index is 0.156. The maximum absolute atomic E-state index is 12.6. The summed E-state index contributed by atoms with van der Waals surface area (Å²) in [6, 6.07) is 7.83. The van der Waals surface area contributed by atoms with Crippen LogP contribution in [0.25, 0.3) is 0 Å². The van der Waals surface area contributed by atoms with Crippen molar-refractivity contribution in [1.29, 1.82) is 0 Å². The van der Waals surface area contributed by atoms with Gasteiger partial charge in [-0.15, -0.1) is 11.3 Å². The van der Waals surface area contributed by atoms with Gasteiger partial charge in [0.15, 0.2) is 0 Å². The van der Waals surface area contributed by atoms with Crippen molar-refractivity contribution < 1.29 is 4.79 Å². The van der Waals surface area contributed by atoms with Gasteiger partial charge in [-0.05, 0) is 32.4 Å². The van der Waals surface area contributed by atoms with Crippen LogP contribution in [-0.4, -0.2) is 46.9 Å². The Bertz CT molecular complexity index is 683. The van der Waals surface area contributed by atoms with Gasteiger partial charge in [-0.2, -0.15) is 0 Å². The third kappa shape index (κ3) is 3.62. The number of nitrogens with zero attached hydrogens (tertiary/aromatic N) is 3. The first-order valence-electron chi connectivity index (χ1n) is 8.05. The number of carbonyl (C=O) groups is 1. The van der Waals surface area contributed by atoms with Crippen molar-refractivity contribution in [3.8, 4) is 0 Å². The number of carbonyl (C=O) groups excluding carboxylic acids is 1. The molecule has 1 aromatic heterocycles. The molecule has 1 aromatic carbocycles. The van der Waals surface area contributed by atoms with Crippen LogP contribution in [0.15, 0.2) is 24.3 Å². The summed E-state index contributed by atoms with van der Waals surface area (Å²) in [4.78, 5) is 22.9. The van der Waals surface area contributed by atoms with Crippen LogP contribution >= 0.6 is 11.3 Å². The molecule has 0 spiro atoms. The molecule has 0 radical (unpaired) electrons. The van der Waals surface area contributed by atoms with Gasteiger partial charge in [0.25, 0.3) is 5.91 Å². The molecule has 122 valence electrons. The number of aryl methyl sites for hydroxylation is 3. The molecule has 0 N–H and O–H groups in total. The molecule has 23 heavy (non-hydrogen) atoms. The number of rotatable bonds is 3. The van der Waals surface area contributed by atoms with Crippen molar-refractivity contribution in [3.05, 3.63) is 51.0 Å². The van der Waals surface area contributed by atoms with Crippen molar-refractivity contribution in [2.24, 2.45) is 0 Å². The highest BCUT2D eigenvalue weighted by molar-refractivity contribution is 7.11. The third-order valence-electron chi connectivity index (χ3n) is 4.47. The van der Waals surface area contributed by atoms with E-state index < -0.39 is 0 Å². The second-order valence-electron chi connectivity index (χ2n) is 6.13. The Hall–Kier alpha value is -1.72. The van der Waals surface area contributed by atoms with Gasteiger partial charge >= 0.3 is 0 Å². The van der Waals surface area contributed by atoms with Gasteiger partial charge in [-0.1, -0.05) is 18.2 Å². The van der Waals surface area contributed by atoms with E-state index in [4.69, 9.17) is 0 Å². The molecule has 0 saturated carbocycles.